The van der Waals surface area contributed by atoms with Crippen LogP contribution in [-0.2, 0) is 9.53 Å². The number of carboxylic acids is 1. The zero-order valence-electron chi connectivity index (χ0n) is 10.3. The van der Waals surface area contributed by atoms with Gasteiger partial charge in [0, 0.05) is 26.1 Å². The summed E-state index contributed by atoms with van der Waals surface area (Å²) in [5.41, 5.74) is 0. The largest absolute Gasteiger partial charge is 0.480 e. The number of carbonyl (C=O) groups is 2. The number of carboxylic acid groups (broad SMARTS) is 1. The normalized spacial score (nSPS) is 21.6. The van der Waals surface area contributed by atoms with Gasteiger partial charge in [-0.2, -0.15) is 0 Å². The van der Waals surface area contributed by atoms with Gasteiger partial charge in [-0.25, -0.2) is 4.79 Å². The first-order chi connectivity index (χ1) is 8.00. The van der Waals surface area contributed by atoms with E-state index in [2.05, 4.69) is 5.32 Å². The Morgan fingerprint density at radius 2 is 2.29 bits per heavy atom. The number of rotatable bonds is 4. The summed E-state index contributed by atoms with van der Waals surface area (Å²) >= 11 is 0. The Morgan fingerprint density at radius 3 is 2.82 bits per heavy atom. The van der Waals surface area contributed by atoms with Gasteiger partial charge in [-0.1, -0.05) is 0 Å². The Labute approximate surface area is 101 Å². The molecule has 0 aromatic carbocycles. The minimum absolute atomic E-state index is 0.347. The highest BCUT2D eigenvalue weighted by Crippen LogP contribution is 2.14. The molecule has 0 aromatic rings. The summed E-state index contributed by atoms with van der Waals surface area (Å²) in [4.78, 5) is 23.7. The highest BCUT2D eigenvalue weighted by Gasteiger charge is 2.21. The molecule has 1 fully saturated rings. The summed E-state index contributed by atoms with van der Waals surface area (Å²) in [6, 6.07) is -1.22. The van der Waals surface area contributed by atoms with Crippen LogP contribution in [-0.4, -0.2) is 54.9 Å². The van der Waals surface area contributed by atoms with Crippen LogP contribution in [0.15, 0.2) is 0 Å². The van der Waals surface area contributed by atoms with E-state index in [1.807, 2.05) is 0 Å². The number of carbonyl (C=O) groups excluding carboxylic acids is 1. The third-order valence-electron chi connectivity index (χ3n) is 2.84. The van der Waals surface area contributed by atoms with E-state index >= 15 is 0 Å². The van der Waals surface area contributed by atoms with E-state index in [9.17, 15) is 9.59 Å². The van der Waals surface area contributed by atoms with Crippen molar-refractivity contribution in [2.75, 3.05) is 26.8 Å². The van der Waals surface area contributed by atoms with Crippen molar-refractivity contribution in [1.29, 1.82) is 0 Å². The van der Waals surface area contributed by atoms with Crippen LogP contribution in [0.2, 0.25) is 0 Å². The molecule has 2 amide bonds. The molecule has 2 atom stereocenters. The highest BCUT2D eigenvalue weighted by molar-refractivity contribution is 5.82. The summed E-state index contributed by atoms with van der Waals surface area (Å²) in [6.45, 7) is 3.50. The second-order valence-corrected chi connectivity index (χ2v) is 4.47. The molecule has 1 rings (SSSR count). The Hall–Kier alpha value is -1.30. The number of amides is 2. The number of hydrogen-bond acceptors (Lipinski definition) is 3. The second kappa shape index (κ2) is 6.44. The first-order valence-corrected chi connectivity index (χ1v) is 5.83. The van der Waals surface area contributed by atoms with Crippen molar-refractivity contribution < 1.29 is 19.4 Å². The molecule has 0 bridgehead atoms. The zero-order chi connectivity index (χ0) is 12.8. The Morgan fingerprint density at radius 1 is 1.59 bits per heavy atom. The van der Waals surface area contributed by atoms with Crippen molar-refractivity contribution in [3.8, 4) is 0 Å². The third kappa shape index (κ3) is 4.60. The van der Waals surface area contributed by atoms with Crippen molar-refractivity contribution >= 4 is 12.0 Å². The lowest BCUT2D eigenvalue weighted by Crippen LogP contribution is -2.47. The summed E-state index contributed by atoms with van der Waals surface area (Å²) < 4.78 is 5.33. The topological polar surface area (TPSA) is 78.9 Å². The van der Waals surface area contributed by atoms with E-state index in [1.54, 1.807) is 7.05 Å². The van der Waals surface area contributed by atoms with Crippen molar-refractivity contribution in [2.45, 2.75) is 25.8 Å². The quantitative estimate of drug-likeness (QED) is 0.756. The lowest BCUT2D eigenvalue weighted by Gasteiger charge is -2.27. The van der Waals surface area contributed by atoms with Crippen LogP contribution < -0.4 is 5.32 Å². The molecule has 0 radical (unpaired) electrons. The Balaban J connectivity index is 2.33. The van der Waals surface area contributed by atoms with E-state index in [0.717, 1.165) is 19.4 Å². The predicted molar refractivity (Wildman–Crippen MR) is 61.8 cm³/mol. The van der Waals surface area contributed by atoms with Gasteiger partial charge in [0.2, 0.25) is 0 Å². The monoisotopic (exact) mass is 244 g/mol. The lowest BCUT2D eigenvalue weighted by molar-refractivity contribution is -0.138. The van der Waals surface area contributed by atoms with Gasteiger partial charge in [0.25, 0.3) is 0 Å². The van der Waals surface area contributed by atoms with Crippen LogP contribution in [0.25, 0.3) is 0 Å². The average Bonchev–Trinajstić information content (AvgIpc) is 2.29. The van der Waals surface area contributed by atoms with Gasteiger partial charge in [0.1, 0.15) is 6.04 Å². The summed E-state index contributed by atoms with van der Waals surface area (Å²) in [6.07, 6.45) is 2.07. The molecule has 0 aromatic heterocycles. The molecule has 98 valence electrons. The first kappa shape index (κ1) is 13.8. The van der Waals surface area contributed by atoms with Crippen molar-refractivity contribution in [3.05, 3.63) is 0 Å². The van der Waals surface area contributed by atoms with Crippen LogP contribution in [0.5, 0.6) is 0 Å². The fourth-order valence-corrected chi connectivity index (χ4v) is 1.78. The fourth-order valence-electron chi connectivity index (χ4n) is 1.78. The smallest absolute Gasteiger partial charge is 0.325 e. The van der Waals surface area contributed by atoms with Gasteiger partial charge >= 0.3 is 12.0 Å². The van der Waals surface area contributed by atoms with Crippen LogP contribution in [0.3, 0.4) is 0 Å². The van der Waals surface area contributed by atoms with Crippen LogP contribution in [0, 0.1) is 5.92 Å². The van der Waals surface area contributed by atoms with Crippen LogP contribution in [0.4, 0.5) is 4.79 Å². The van der Waals surface area contributed by atoms with Gasteiger partial charge in [-0.15, -0.1) is 0 Å². The van der Waals surface area contributed by atoms with Gasteiger partial charge in [-0.05, 0) is 19.8 Å². The zero-order valence-corrected chi connectivity index (χ0v) is 10.3. The average molecular weight is 244 g/mol. The second-order valence-electron chi connectivity index (χ2n) is 4.47. The lowest BCUT2D eigenvalue weighted by atomic mass is 10.0. The van der Waals surface area contributed by atoms with Crippen LogP contribution in [0.1, 0.15) is 19.8 Å². The predicted octanol–water partition coefficient (Wildman–Crippen LogP) is 0.527. The van der Waals surface area contributed by atoms with Gasteiger partial charge < -0.3 is 20.1 Å². The first-order valence-electron chi connectivity index (χ1n) is 5.83. The molecular weight excluding hydrogens is 224 g/mol. The summed E-state index contributed by atoms with van der Waals surface area (Å²) in [5.74, 6) is -0.688. The van der Waals surface area contributed by atoms with E-state index in [-0.39, 0.29) is 6.03 Å². The van der Waals surface area contributed by atoms with Crippen molar-refractivity contribution in [3.63, 3.8) is 0 Å². The van der Waals surface area contributed by atoms with Crippen molar-refractivity contribution in [2.24, 2.45) is 5.92 Å². The maximum absolute atomic E-state index is 11.6. The number of ether oxygens (including phenoxy) is 1. The fraction of sp³-hybridized carbons (Fsp3) is 0.818. The number of urea groups is 1. The molecule has 2 unspecified atom stereocenters. The molecule has 1 aliphatic rings. The van der Waals surface area contributed by atoms with Crippen LogP contribution >= 0.6 is 0 Å². The van der Waals surface area contributed by atoms with E-state index in [1.165, 1.54) is 11.8 Å². The SMILES string of the molecule is CC(NC(=O)N(C)CC1CCCOC1)C(=O)O. The minimum Gasteiger partial charge on any atom is -0.480 e. The molecule has 1 heterocycles. The molecule has 0 spiro atoms. The molecule has 6 heteroatoms. The third-order valence-corrected chi connectivity index (χ3v) is 2.84. The highest BCUT2D eigenvalue weighted by atomic mass is 16.5. The Bertz CT molecular complexity index is 277. The summed E-state index contributed by atoms with van der Waals surface area (Å²) in [5, 5.41) is 11.1. The molecule has 1 aliphatic heterocycles. The van der Waals surface area contributed by atoms with Gasteiger partial charge in [0.15, 0.2) is 0 Å². The molecule has 2 N–H and O–H groups in total. The van der Waals surface area contributed by atoms with Crippen molar-refractivity contribution in [1.82, 2.24) is 10.2 Å². The number of aliphatic carboxylic acids is 1. The number of nitrogens with one attached hydrogen (secondary N) is 1. The van der Waals surface area contributed by atoms with Gasteiger partial charge in [0.05, 0.1) is 6.61 Å². The molecule has 1 saturated heterocycles. The molecular formula is C11H20N2O4. The molecule has 0 saturated carbocycles. The molecule has 0 aliphatic carbocycles. The number of nitrogens with zero attached hydrogens (tertiary/aromatic N) is 1. The maximum atomic E-state index is 11.6. The van der Waals surface area contributed by atoms with E-state index < -0.39 is 12.0 Å². The van der Waals surface area contributed by atoms with E-state index in [0.29, 0.717) is 19.1 Å². The summed E-state index contributed by atoms with van der Waals surface area (Å²) in [7, 11) is 1.67. The molecule has 6 nitrogen and oxygen atoms in total. The standard InChI is InChI=1S/C11H20N2O4/c1-8(10(14)15)12-11(16)13(2)6-9-4-3-5-17-7-9/h8-9H,3-7H2,1-2H3,(H,12,16)(H,14,15). The molecule has 17 heavy (non-hydrogen) atoms. The van der Waals surface area contributed by atoms with E-state index in [4.69, 9.17) is 9.84 Å². The maximum Gasteiger partial charge on any atom is 0.325 e. The van der Waals surface area contributed by atoms with Gasteiger partial charge in [-0.3, -0.25) is 4.79 Å². The number of hydrogen-bond donors (Lipinski definition) is 2. The Kier molecular flexibility index (Phi) is 5.21. The minimum atomic E-state index is -1.03.